The van der Waals surface area contributed by atoms with E-state index >= 15 is 0 Å². The van der Waals surface area contributed by atoms with Gasteiger partial charge in [0.2, 0.25) is 0 Å². The Hall–Kier alpha value is -5.64. The Kier molecular flexibility index (Phi) is 6.48. The van der Waals surface area contributed by atoms with Gasteiger partial charge in [0.25, 0.3) is 0 Å². The number of fused-ring (bicyclic) bond motifs is 5. The van der Waals surface area contributed by atoms with Crippen molar-refractivity contribution in [1.29, 1.82) is 0 Å². The fourth-order valence-corrected chi connectivity index (χ4v) is 8.08. The van der Waals surface area contributed by atoms with Crippen molar-refractivity contribution in [2.45, 2.75) is 13.8 Å². The molecule has 0 radical (unpaired) electrons. The third kappa shape index (κ3) is 4.70. The smallest absolute Gasteiger partial charge is 0.0373 e. The summed E-state index contributed by atoms with van der Waals surface area (Å²) in [5, 5.41) is 7.68. The third-order valence-electron chi connectivity index (χ3n) is 9.36. The van der Waals surface area contributed by atoms with Crippen LogP contribution in [0.1, 0.15) is 11.4 Å². The van der Waals surface area contributed by atoms with E-state index in [0.717, 1.165) is 22.5 Å². The zero-order chi connectivity index (χ0) is 31.5. The predicted octanol–water partition coefficient (Wildman–Crippen LogP) is 12.4. The van der Waals surface area contributed by atoms with E-state index in [-0.39, 0.29) is 0 Å². The first kappa shape index (κ1) is 27.7. The molecule has 0 amide bonds. The Labute approximate surface area is 277 Å². The van der Waals surface area contributed by atoms with Crippen LogP contribution in [-0.2, 0) is 0 Å². The van der Waals surface area contributed by atoms with Crippen LogP contribution in [0.3, 0.4) is 0 Å². The fourth-order valence-electron chi connectivity index (χ4n) is 6.95. The lowest BCUT2D eigenvalue weighted by Gasteiger charge is -2.18. The number of nitrogens with zero attached hydrogens (tertiary/aromatic N) is 2. The summed E-state index contributed by atoms with van der Waals surface area (Å²) in [5.41, 5.74) is 11.6. The second-order valence-electron chi connectivity index (χ2n) is 12.3. The molecule has 0 aliphatic carbocycles. The topological polar surface area (TPSA) is 25.8 Å². The Bertz CT molecular complexity index is 2600. The second kappa shape index (κ2) is 11.0. The molecule has 0 bridgehead atoms. The molecule has 222 valence electrons. The van der Waals surface area contributed by atoms with Crippen LogP contribution in [0, 0.1) is 13.8 Å². The zero-order valence-corrected chi connectivity index (χ0v) is 27.0. The maximum atomic E-state index is 4.53. The van der Waals surface area contributed by atoms with E-state index < -0.39 is 0 Å². The first-order valence-electron chi connectivity index (χ1n) is 16.0. The highest BCUT2D eigenvalue weighted by atomic mass is 32.1. The van der Waals surface area contributed by atoms with Crippen molar-refractivity contribution >= 4 is 53.1 Å². The number of benzene rings is 6. The van der Waals surface area contributed by atoms with Crippen molar-refractivity contribution in [2.24, 2.45) is 0 Å². The van der Waals surface area contributed by atoms with Gasteiger partial charge in [-0.3, -0.25) is 9.97 Å². The normalized spacial score (nSPS) is 11.6. The van der Waals surface area contributed by atoms with Crippen molar-refractivity contribution in [1.82, 2.24) is 9.97 Å². The summed E-state index contributed by atoms with van der Waals surface area (Å²) in [6.45, 7) is 4.05. The minimum absolute atomic E-state index is 1.03. The number of pyridine rings is 2. The second-order valence-corrected chi connectivity index (χ2v) is 13.4. The van der Waals surface area contributed by atoms with Crippen molar-refractivity contribution in [2.75, 3.05) is 0 Å². The molecular weight excluding hydrogens is 589 g/mol. The zero-order valence-electron chi connectivity index (χ0n) is 26.2. The number of aromatic nitrogens is 2. The summed E-state index contributed by atoms with van der Waals surface area (Å²) >= 11 is 1.88. The Morgan fingerprint density at radius 3 is 1.32 bits per heavy atom. The van der Waals surface area contributed by atoms with E-state index in [9.17, 15) is 0 Å². The van der Waals surface area contributed by atoms with Gasteiger partial charge in [-0.15, -0.1) is 11.3 Å². The number of hydrogen-bond acceptors (Lipinski definition) is 3. The van der Waals surface area contributed by atoms with Crippen LogP contribution in [0.2, 0.25) is 0 Å². The average molecular weight is 619 g/mol. The van der Waals surface area contributed by atoms with Gasteiger partial charge in [-0.2, -0.15) is 0 Å². The quantitative estimate of drug-likeness (QED) is 0.183. The van der Waals surface area contributed by atoms with Crippen molar-refractivity contribution < 1.29 is 0 Å². The lowest BCUT2D eigenvalue weighted by Crippen LogP contribution is -1.91. The summed E-state index contributed by atoms with van der Waals surface area (Å²) in [7, 11) is 0. The highest BCUT2D eigenvalue weighted by Crippen LogP contribution is 2.47. The number of rotatable bonds is 4. The van der Waals surface area contributed by atoms with E-state index in [0.29, 0.717) is 0 Å². The largest absolute Gasteiger partial charge is 0.261 e. The van der Waals surface area contributed by atoms with Gasteiger partial charge in [0, 0.05) is 55.1 Å². The van der Waals surface area contributed by atoms with Gasteiger partial charge >= 0.3 is 0 Å². The molecule has 0 aliphatic rings. The molecule has 0 atom stereocenters. The first-order valence-corrected chi connectivity index (χ1v) is 16.8. The monoisotopic (exact) mass is 618 g/mol. The molecule has 0 saturated carbocycles. The highest BCUT2D eigenvalue weighted by molar-refractivity contribution is 7.25. The summed E-state index contributed by atoms with van der Waals surface area (Å²) in [6, 6.07) is 49.0. The maximum Gasteiger partial charge on any atom is 0.0373 e. The lowest BCUT2D eigenvalue weighted by molar-refractivity contribution is 1.20. The van der Waals surface area contributed by atoms with E-state index in [1.54, 1.807) is 0 Å². The van der Waals surface area contributed by atoms with Crippen LogP contribution in [0.4, 0.5) is 0 Å². The van der Waals surface area contributed by atoms with E-state index in [4.69, 9.17) is 0 Å². The molecule has 3 aromatic heterocycles. The SMILES string of the molecule is Cc1ccc(-c2ccc(-c3c4ccccc4c(-c4ccc(-c5ccc(C)nc5)cc4)c4cc5c(cc34)sc3ccccc35)cc2)cn1. The maximum absolute atomic E-state index is 4.53. The van der Waals surface area contributed by atoms with Gasteiger partial charge in [-0.1, -0.05) is 103 Å². The van der Waals surface area contributed by atoms with Crippen LogP contribution in [0.15, 0.2) is 146 Å². The molecule has 0 unspecified atom stereocenters. The highest BCUT2D eigenvalue weighted by Gasteiger charge is 2.19. The van der Waals surface area contributed by atoms with Crippen LogP contribution in [0.5, 0.6) is 0 Å². The molecule has 0 N–H and O–H groups in total. The van der Waals surface area contributed by atoms with Crippen molar-refractivity contribution in [3.8, 4) is 44.5 Å². The number of thiophene rings is 1. The van der Waals surface area contributed by atoms with Gasteiger partial charge in [0.1, 0.15) is 0 Å². The molecule has 0 aliphatic heterocycles. The van der Waals surface area contributed by atoms with E-state index in [1.165, 1.54) is 75.1 Å². The molecule has 9 aromatic rings. The Balaban J connectivity index is 1.31. The fraction of sp³-hybridized carbons (Fsp3) is 0.0455. The Morgan fingerprint density at radius 1 is 0.362 bits per heavy atom. The van der Waals surface area contributed by atoms with Crippen LogP contribution >= 0.6 is 11.3 Å². The summed E-state index contributed by atoms with van der Waals surface area (Å²) < 4.78 is 2.63. The molecule has 0 spiro atoms. The molecule has 9 rings (SSSR count). The van der Waals surface area contributed by atoms with Crippen molar-refractivity contribution in [3.63, 3.8) is 0 Å². The molecule has 47 heavy (non-hydrogen) atoms. The third-order valence-corrected chi connectivity index (χ3v) is 10.5. The predicted molar refractivity (Wildman–Crippen MR) is 201 cm³/mol. The first-order chi connectivity index (χ1) is 23.1. The molecule has 3 heteroatoms. The standard InChI is InChI=1S/C44H30N2S/c1-27-11-13-33(25-45-27)29-15-19-31(20-16-29)43-36-8-3-4-9-37(36)44(32-21-17-30(18-22-32)34-14-12-28(2)46-26-34)40-24-42-38(23-39(40)43)35-7-5-6-10-41(35)47-42/h3-26H,1-2H3. The number of aryl methyl sites for hydroxylation is 2. The molecular formula is C44H30N2S. The summed E-state index contributed by atoms with van der Waals surface area (Å²) in [6.07, 6.45) is 3.92. The van der Waals surface area contributed by atoms with Gasteiger partial charge in [0.15, 0.2) is 0 Å². The minimum Gasteiger partial charge on any atom is -0.261 e. The lowest BCUT2D eigenvalue weighted by atomic mass is 9.85. The molecule has 0 fully saturated rings. The number of hydrogen-bond donors (Lipinski definition) is 0. The molecule has 6 aromatic carbocycles. The van der Waals surface area contributed by atoms with Crippen LogP contribution < -0.4 is 0 Å². The average Bonchev–Trinajstić information content (AvgIpc) is 3.48. The van der Waals surface area contributed by atoms with Crippen molar-refractivity contribution in [3.05, 3.63) is 157 Å². The molecule has 2 nitrogen and oxygen atoms in total. The molecule has 3 heterocycles. The Morgan fingerprint density at radius 2 is 0.809 bits per heavy atom. The molecule has 0 saturated heterocycles. The summed E-state index contributed by atoms with van der Waals surface area (Å²) in [4.78, 5) is 9.06. The van der Waals surface area contributed by atoms with Gasteiger partial charge < -0.3 is 0 Å². The van der Waals surface area contributed by atoms with Crippen LogP contribution in [-0.4, -0.2) is 9.97 Å². The van der Waals surface area contributed by atoms with Gasteiger partial charge in [-0.25, -0.2) is 0 Å². The summed E-state index contributed by atoms with van der Waals surface area (Å²) in [5.74, 6) is 0. The van der Waals surface area contributed by atoms with Gasteiger partial charge in [-0.05, 0) is 99.1 Å². The van der Waals surface area contributed by atoms with E-state index in [2.05, 4.69) is 143 Å². The van der Waals surface area contributed by atoms with Gasteiger partial charge in [0.05, 0.1) is 0 Å². The van der Waals surface area contributed by atoms with Crippen LogP contribution in [0.25, 0.3) is 86.2 Å². The van der Waals surface area contributed by atoms with E-state index in [1.807, 2.05) is 37.6 Å². The minimum atomic E-state index is 1.03.